The number of halogens is 1. The molecule has 0 saturated heterocycles. The average Bonchev–Trinajstić information content (AvgIpc) is 3.61. The number of amides is 1. The van der Waals surface area contributed by atoms with E-state index in [0.717, 1.165) is 24.4 Å². The van der Waals surface area contributed by atoms with Crippen LogP contribution in [-0.4, -0.2) is 91.7 Å². The van der Waals surface area contributed by atoms with Crippen LogP contribution in [0.15, 0.2) is 53.4 Å². The molecule has 0 saturated carbocycles. The molecule has 1 aliphatic rings. The quantitative estimate of drug-likeness (QED) is 0.0485. The molecule has 1 aromatic heterocycles. The van der Waals surface area contributed by atoms with Crippen molar-refractivity contribution in [2.75, 3.05) is 57.7 Å². The van der Waals surface area contributed by atoms with E-state index in [2.05, 4.69) is 19.1 Å². The summed E-state index contributed by atoms with van der Waals surface area (Å²) in [6.07, 6.45) is 0.851. The Morgan fingerprint density at radius 2 is 1.94 bits per heavy atom. The number of hydrogen-bond acceptors (Lipinski definition) is 9. The molecule has 0 radical (unpaired) electrons. The average molecular weight is 710 g/mol. The van der Waals surface area contributed by atoms with Crippen molar-refractivity contribution in [2.24, 2.45) is 0 Å². The van der Waals surface area contributed by atoms with Gasteiger partial charge in [-0.25, -0.2) is 17.7 Å². The Balaban J connectivity index is 1.46. The predicted molar refractivity (Wildman–Crippen MR) is 176 cm³/mol. The number of carbonyl (C=O) groups excluding carboxylic acids is 1. The van der Waals surface area contributed by atoms with Gasteiger partial charge in [0.05, 0.1) is 34.1 Å². The number of nitro benzene ring substituents is 1. The van der Waals surface area contributed by atoms with Crippen LogP contribution in [0.1, 0.15) is 28.4 Å². The molecule has 4 aromatic rings. The first-order valence-corrected chi connectivity index (χ1v) is 18.0. The van der Waals surface area contributed by atoms with E-state index in [0.29, 0.717) is 34.5 Å². The number of benzene rings is 3. The van der Waals surface area contributed by atoms with Crippen LogP contribution in [0.4, 0.5) is 11.4 Å². The van der Waals surface area contributed by atoms with Gasteiger partial charge in [0.25, 0.3) is 11.6 Å². The van der Waals surface area contributed by atoms with Gasteiger partial charge in [-0.3, -0.25) is 19.4 Å². The summed E-state index contributed by atoms with van der Waals surface area (Å²) in [5.41, 5.74) is 1.44. The third-order valence-corrected chi connectivity index (χ3v) is 9.99. The van der Waals surface area contributed by atoms with Crippen molar-refractivity contribution >= 4 is 68.4 Å². The number of aromatic amines is 1. The van der Waals surface area contributed by atoms with E-state index in [4.69, 9.17) is 26.1 Å². The zero-order chi connectivity index (χ0) is 34.1. The number of aromatic nitrogens is 1. The van der Waals surface area contributed by atoms with Crippen LogP contribution < -0.4 is 14.4 Å². The molecule has 15 nitrogen and oxygen atoms in total. The molecule has 0 bridgehead atoms. The van der Waals surface area contributed by atoms with Crippen molar-refractivity contribution in [1.29, 1.82) is 0 Å². The summed E-state index contributed by atoms with van der Waals surface area (Å²) in [5, 5.41) is 13.4. The van der Waals surface area contributed by atoms with Crippen LogP contribution in [0.3, 0.4) is 0 Å². The van der Waals surface area contributed by atoms with E-state index >= 15 is 0 Å². The Labute approximate surface area is 274 Å². The van der Waals surface area contributed by atoms with Gasteiger partial charge in [-0.2, -0.15) is 0 Å². The fourth-order valence-electron chi connectivity index (χ4n) is 5.55. The van der Waals surface area contributed by atoms with Gasteiger partial charge in [-0.15, -0.1) is 11.6 Å². The minimum Gasteiger partial charge on any atom is -0.494 e. The minimum atomic E-state index is -4.79. The number of rotatable bonds is 14. The van der Waals surface area contributed by atoms with Crippen molar-refractivity contribution in [1.82, 2.24) is 14.6 Å². The summed E-state index contributed by atoms with van der Waals surface area (Å²) >= 11 is 6.34. The summed E-state index contributed by atoms with van der Waals surface area (Å²) in [6, 6.07) is 12.2. The van der Waals surface area contributed by atoms with E-state index in [9.17, 15) is 27.9 Å². The third-order valence-electron chi connectivity index (χ3n) is 7.64. The van der Waals surface area contributed by atoms with Gasteiger partial charge in [0, 0.05) is 48.4 Å². The molecule has 5 rings (SSSR count). The van der Waals surface area contributed by atoms with E-state index < -0.39 is 53.4 Å². The summed E-state index contributed by atoms with van der Waals surface area (Å²) in [4.78, 5) is 49.4. The van der Waals surface area contributed by atoms with Crippen LogP contribution in [0, 0.1) is 10.1 Å². The highest BCUT2D eigenvalue weighted by Crippen LogP contribution is 2.46. The highest BCUT2D eigenvalue weighted by atomic mass is 35.5. The molecule has 252 valence electrons. The SMILES string of the molecule is CN(C)CCCOc1ccc2[nH]c(C(=O)N3CC(CCl)c4c3cc([N+](=O)[O-])c3cc(S(=O)(=O)NCCOP(=O)(O)O)ccc43)cc2c1. The Bertz CT molecular complexity index is 2000. The van der Waals surface area contributed by atoms with Gasteiger partial charge in [-0.1, -0.05) is 6.07 Å². The summed E-state index contributed by atoms with van der Waals surface area (Å²) in [7, 11) is -5.06. The van der Waals surface area contributed by atoms with Gasteiger partial charge < -0.3 is 29.3 Å². The molecule has 1 aliphatic heterocycles. The fraction of sp³-hybridized carbons (Fsp3) is 0.345. The maximum absolute atomic E-state index is 13.9. The van der Waals surface area contributed by atoms with E-state index in [1.54, 1.807) is 6.07 Å². The van der Waals surface area contributed by atoms with E-state index in [-0.39, 0.29) is 28.4 Å². The zero-order valence-corrected chi connectivity index (χ0v) is 27.8. The highest BCUT2D eigenvalue weighted by molar-refractivity contribution is 7.89. The first-order valence-electron chi connectivity index (χ1n) is 14.4. The maximum Gasteiger partial charge on any atom is 0.469 e. The summed E-state index contributed by atoms with van der Waals surface area (Å²) < 4.78 is 48.9. The molecule has 4 N–H and O–H groups in total. The van der Waals surface area contributed by atoms with Gasteiger partial charge in [0.1, 0.15) is 11.4 Å². The highest BCUT2D eigenvalue weighted by Gasteiger charge is 2.37. The summed E-state index contributed by atoms with van der Waals surface area (Å²) in [6.45, 7) is 0.507. The minimum absolute atomic E-state index is 0.0243. The Morgan fingerprint density at radius 1 is 1.17 bits per heavy atom. The number of H-pyrrole nitrogens is 1. The standard InChI is InChI=1S/C29H33ClN5O10PS/c1-33(2)9-3-10-44-20-4-7-24-18(12-20)13-25(32-24)29(36)34-17-19(16-30)28-22-6-5-21(14-23(22)26(35(37)38)15-27(28)34)47(42,43)31-8-11-45-46(39,40)41/h4-7,12-15,19,31-32H,3,8-11,16-17H2,1-2H3,(H2,39,40,41). The number of phosphoric acid groups is 1. The van der Waals surface area contributed by atoms with Gasteiger partial charge >= 0.3 is 7.82 Å². The first-order chi connectivity index (χ1) is 22.2. The molecule has 0 spiro atoms. The van der Waals surface area contributed by atoms with Gasteiger partial charge in [0.2, 0.25) is 10.0 Å². The lowest BCUT2D eigenvalue weighted by molar-refractivity contribution is -0.383. The smallest absolute Gasteiger partial charge is 0.469 e. The number of hydrogen-bond donors (Lipinski definition) is 4. The van der Waals surface area contributed by atoms with E-state index in [1.807, 2.05) is 32.3 Å². The molecule has 47 heavy (non-hydrogen) atoms. The number of carbonyl (C=O) groups is 1. The van der Waals surface area contributed by atoms with Crippen LogP contribution in [0.25, 0.3) is 21.7 Å². The number of non-ortho nitro benzene ring substituents is 1. The fourth-order valence-corrected chi connectivity index (χ4v) is 7.17. The number of phosphoric ester groups is 1. The van der Waals surface area contributed by atoms with Gasteiger partial charge in [-0.05, 0) is 67.9 Å². The lowest BCUT2D eigenvalue weighted by atomic mass is 9.95. The number of nitrogens with zero attached hydrogens (tertiary/aromatic N) is 3. The third kappa shape index (κ3) is 7.77. The monoisotopic (exact) mass is 709 g/mol. The molecule has 3 aromatic carbocycles. The topological polar surface area (TPSA) is 205 Å². The molecule has 1 unspecified atom stereocenters. The molecular formula is C29H33ClN5O10PS. The molecule has 0 aliphatic carbocycles. The van der Waals surface area contributed by atoms with Gasteiger partial charge in [0.15, 0.2) is 0 Å². The second-order valence-electron chi connectivity index (χ2n) is 11.2. The largest absolute Gasteiger partial charge is 0.494 e. The molecule has 1 atom stereocenters. The number of nitro groups is 1. The lowest BCUT2D eigenvalue weighted by Gasteiger charge is -2.17. The molecule has 2 heterocycles. The Morgan fingerprint density at radius 3 is 2.62 bits per heavy atom. The van der Waals surface area contributed by atoms with Crippen molar-refractivity contribution in [2.45, 2.75) is 17.2 Å². The van der Waals surface area contributed by atoms with Crippen LogP contribution >= 0.6 is 19.4 Å². The second kappa shape index (κ2) is 13.9. The van der Waals surface area contributed by atoms with Crippen LogP contribution in [-0.2, 0) is 19.1 Å². The van der Waals surface area contributed by atoms with Crippen LogP contribution in [0.2, 0.25) is 0 Å². The van der Waals surface area contributed by atoms with Crippen molar-refractivity contribution < 1.29 is 41.7 Å². The number of alkyl halides is 1. The van der Waals surface area contributed by atoms with Crippen molar-refractivity contribution in [3.63, 3.8) is 0 Å². The molecular weight excluding hydrogens is 677 g/mol. The van der Waals surface area contributed by atoms with Crippen molar-refractivity contribution in [3.05, 3.63) is 69.9 Å². The molecule has 18 heteroatoms. The number of sulfonamides is 1. The summed E-state index contributed by atoms with van der Waals surface area (Å²) in [5.74, 6) is -0.0726. The Kier molecular flexibility index (Phi) is 10.2. The van der Waals surface area contributed by atoms with Crippen molar-refractivity contribution in [3.8, 4) is 5.75 Å². The number of ether oxygens (including phenoxy) is 1. The molecule has 0 fully saturated rings. The Hall–Kier alpha value is -3.60. The van der Waals surface area contributed by atoms with E-state index in [1.165, 1.54) is 23.1 Å². The van der Waals surface area contributed by atoms with Crippen LogP contribution in [0.5, 0.6) is 5.75 Å². The number of anilines is 1. The lowest BCUT2D eigenvalue weighted by Crippen LogP contribution is -2.30. The molecule has 1 amide bonds. The maximum atomic E-state index is 13.9. The predicted octanol–water partition coefficient (Wildman–Crippen LogP) is 3.93. The first kappa shape index (κ1) is 34.7. The zero-order valence-electron chi connectivity index (χ0n) is 25.4. The normalized spacial score (nSPS) is 15.1. The number of fused-ring (bicyclic) bond motifs is 4. The second-order valence-corrected chi connectivity index (χ2v) is 14.5. The number of nitrogens with one attached hydrogen (secondary N) is 2.